The number of rotatable bonds is 7. The van der Waals surface area contributed by atoms with Crippen LogP contribution < -0.4 is 9.64 Å². The molecule has 0 spiro atoms. The first-order valence-electron chi connectivity index (χ1n) is 10.8. The molecule has 1 amide bonds. The lowest BCUT2D eigenvalue weighted by Gasteiger charge is -2.29. The van der Waals surface area contributed by atoms with Crippen molar-refractivity contribution in [1.29, 1.82) is 0 Å². The summed E-state index contributed by atoms with van der Waals surface area (Å²) < 4.78 is 19.8. The molecule has 1 atom stereocenters. The third-order valence-electron chi connectivity index (χ3n) is 5.24. The molecule has 1 aliphatic heterocycles. The van der Waals surface area contributed by atoms with Gasteiger partial charge in [0.05, 0.1) is 5.69 Å². The van der Waals surface area contributed by atoms with Crippen LogP contribution >= 0.6 is 11.8 Å². The van der Waals surface area contributed by atoms with Crippen molar-refractivity contribution in [2.24, 2.45) is 0 Å². The Kier molecular flexibility index (Phi) is 6.99. The standard InChI is InChI=1S/C24H25FN4O2S/c1-3-4-5-8-15-32-24-26-22-21(27-28-24)19-9-6-7-10-20(19)29(16(2)30)23(31-22)17-11-13-18(25)14-12-17/h6-7,9-14,23H,3-5,8,15H2,1-2H3. The number of thioether (sulfide) groups is 1. The van der Waals surface area contributed by atoms with Crippen molar-refractivity contribution in [3.63, 3.8) is 0 Å². The SMILES string of the molecule is CCCCCCSc1nnc2c(n1)OC(c1ccc(F)cc1)N(C(C)=O)c1ccccc1-2. The van der Waals surface area contributed by atoms with E-state index < -0.39 is 6.23 Å². The minimum Gasteiger partial charge on any atom is -0.447 e. The molecule has 0 saturated carbocycles. The van der Waals surface area contributed by atoms with Crippen molar-refractivity contribution >= 4 is 23.4 Å². The number of nitrogens with zero attached hydrogens (tertiary/aromatic N) is 4. The van der Waals surface area contributed by atoms with Crippen LogP contribution in [0.15, 0.2) is 53.7 Å². The number of fused-ring (bicyclic) bond motifs is 3. The average molecular weight is 453 g/mol. The van der Waals surface area contributed by atoms with Gasteiger partial charge in [0.1, 0.15) is 5.82 Å². The number of benzene rings is 2. The van der Waals surface area contributed by atoms with Gasteiger partial charge in [0.2, 0.25) is 23.2 Å². The van der Waals surface area contributed by atoms with E-state index >= 15 is 0 Å². The summed E-state index contributed by atoms with van der Waals surface area (Å²) >= 11 is 1.54. The second kappa shape index (κ2) is 10.1. The van der Waals surface area contributed by atoms with Gasteiger partial charge in [0.25, 0.3) is 0 Å². The molecule has 3 aromatic rings. The summed E-state index contributed by atoms with van der Waals surface area (Å²) in [5, 5.41) is 9.25. The Morgan fingerprint density at radius 3 is 2.62 bits per heavy atom. The highest BCUT2D eigenvalue weighted by Gasteiger charge is 2.34. The number of unbranched alkanes of at least 4 members (excludes halogenated alkanes) is 3. The molecule has 1 aromatic heterocycles. The predicted octanol–water partition coefficient (Wildman–Crippen LogP) is 5.79. The maximum atomic E-state index is 13.6. The van der Waals surface area contributed by atoms with Crippen molar-refractivity contribution in [3.8, 4) is 17.1 Å². The summed E-state index contributed by atoms with van der Waals surface area (Å²) in [6.07, 6.45) is 3.84. The second-order valence-corrected chi connectivity index (χ2v) is 8.65. The summed E-state index contributed by atoms with van der Waals surface area (Å²) in [4.78, 5) is 18.9. The highest BCUT2D eigenvalue weighted by atomic mass is 32.2. The zero-order chi connectivity index (χ0) is 22.5. The number of aromatic nitrogens is 3. The molecule has 0 aliphatic carbocycles. The number of hydrogen-bond donors (Lipinski definition) is 0. The first-order valence-corrected chi connectivity index (χ1v) is 11.8. The molecule has 0 fully saturated rings. The highest BCUT2D eigenvalue weighted by Crippen LogP contribution is 2.43. The van der Waals surface area contributed by atoms with Crippen LogP contribution in [-0.4, -0.2) is 26.8 Å². The van der Waals surface area contributed by atoms with Gasteiger partial charge >= 0.3 is 0 Å². The van der Waals surface area contributed by atoms with E-state index in [0.717, 1.165) is 12.2 Å². The molecule has 1 unspecified atom stereocenters. The van der Waals surface area contributed by atoms with Gasteiger partial charge in [0.15, 0.2) is 5.69 Å². The lowest BCUT2D eigenvalue weighted by atomic mass is 10.1. The molecule has 2 aromatic carbocycles. The number of carbonyl (C=O) groups excluding carboxylic acids is 1. The predicted molar refractivity (Wildman–Crippen MR) is 123 cm³/mol. The fraction of sp³-hybridized carbons (Fsp3) is 0.333. The molecule has 0 N–H and O–H groups in total. The van der Waals surface area contributed by atoms with Crippen LogP contribution in [0.5, 0.6) is 5.88 Å². The summed E-state index contributed by atoms with van der Waals surface area (Å²) in [5.74, 6) is 0.640. The van der Waals surface area contributed by atoms with E-state index in [1.54, 1.807) is 28.8 Å². The quantitative estimate of drug-likeness (QED) is 0.334. The summed E-state index contributed by atoms with van der Waals surface area (Å²) in [6, 6.07) is 13.4. The number of para-hydroxylation sites is 1. The third-order valence-corrected chi connectivity index (χ3v) is 6.16. The minimum atomic E-state index is -0.811. The van der Waals surface area contributed by atoms with E-state index in [0.29, 0.717) is 33.5 Å². The number of ether oxygens (including phenoxy) is 1. The normalized spacial score (nSPS) is 14.8. The van der Waals surface area contributed by atoms with Gasteiger partial charge in [-0.1, -0.05) is 68.3 Å². The molecule has 2 heterocycles. The molecule has 6 nitrogen and oxygen atoms in total. The topological polar surface area (TPSA) is 68.2 Å². The average Bonchev–Trinajstić information content (AvgIpc) is 2.94. The summed E-state index contributed by atoms with van der Waals surface area (Å²) in [6.45, 7) is 3.66. The molecule has 32 heavy (non-hydrogen) atoms. The number of anilines is 1. The Labute approximate surface area is 191 Å². The second-order valence-electron chi connectivity index (χ2n) is 7.59. The van der Waals surface area contributed by atoms with E-state index in [1.807, 2.05) is 24.3 Å². The van der Waals surface area contributed by atoms with Crippen molar-refractivity contribution in [2.75, 3.05) is 10.7 Å². The smallest absolute Gasteiger partial charge is 0.247 e. The van der Waals surface area contributed by atoms with E-state index in [4.69, 9.17) is 4.74 Å². The third kappa shape index (κ3) is 4.75. The van der Waals surface area contributed by atoms with Crippen LogP contribution in [-0.2, 0) is 4.79 Å². The molecule has 4 rings (SSSR count). The Hall–Kier alpha value is -3.00. The fourth-order valence-electron chi connectivity index (χ4n) is 3.65. The maximum absolute atomic E-state index is 13.6. The van der Waals surface area contributed by atoms with Crippen molar-refractivity contribution in [1.82, 2.24) is 15.2 Å². The van der Waals surface area contributed by atoms with Crippen LogP contribution in [0.3, 0.4) is 0 Å². The van der Waals surface area contributed by atoms with E-state index in [9.17, 15) is 9.18 Å². The van der Waals surface area contributed by atoms with Gasteiger partial charge in [-0.2, -0.15) is 4.98 Å². The monoisotopic (exact) mass is 452 g/mol. The zero-order valence-corrected chi connectivity index (χ0v) is 18.9. The Morgan fingerprint density at radius 1 is 1.09 bits per heavy atom. The zero-order valence-electron chi connectivity index (χ0n) is 18.1. The lowest BCUT2D eigenvalue weighted by Crippen LogP contribution is -2.36. The molecule has 166 valence electrons. The van der Waals surface area contributed by atoms with Gasteiger partial charge in [-0.05, 0) is 24.6 Å². The van der Waals surface area contributed by atoms with Crippen LogP contribution in [0.2, 0.25) is 0 Å². The van der Waals surface area contributed by atoms with Crippen LogP contribution in [0.1, 0.15) is 51.3 Å². The summed E-state index contributed by atoms with van der Waals surface area (Å²) in [7, 11) is 0. The van der Waals surface area contributed by atoms with Crippen LogP contribution in [0.4, 0.5) is 10.1 Å². The fourth-order valence-corrected chi connectivity index (χ4v) is 4.43. The van der Waals surface area contributed by atoms with Gasteiger partial charge in [0, 0.05) is 23.8 Å². The maximum Gasteiger partial charge on any atom is 0.247 e. The number of halogens is 1. The largest absolute Gasteiger partial charge is 0.447 e. The van der Waals surface area contributed by atoms with E-state index in [2.05, 4.69) is 22.1 Å². The Morgan fingerprint density at radius 2 is 1.88 bits per heavy atom. The van der Waals surface area contributed by atoms with Crippen LogP contribution in [0, 0.1) is 5.82 Å². The Balaban J connectivity index is 1.73. The van der Waals surface area contributed by atoms with Crippen molar-refractivity contribution < 1.29 is 13.9 Å². The van der Waals surface area contributed by atoms with E-state index in [-0.39, 0.29) is 11.7 Å². The molecule has 0 radical (unpaired) electrons. The molecular formula is C24H25FN4O2S. The van der Waals surface area contributed by atoms with Crippen LogP contribution in [0.25, 0.3) is 11.3 Å². The summed E-state index contributed by atoms with van der Waals surface area (Å²) in [5.41, 5.74) is 2.47. The number of carbonyl (C=O) groups is 1. The molecular weight excluding hydrogens is 427 g/mol. The van der Waals surface area contributed by atoms with Crippen molar-refractivity contribution in [2.45, 2.75) is 50.9 Å². The van der Waals surface area contributed by atoms with Gasteiger partial charge < -0.3 is 4.74 Å². The molecule has 1 aliphatic rings. The highest BCUT2D eigenvalue weighted by molar-refractivity contribution is 7.99. The Bertz CT molecular complexity index is 1090. The first-order chi connectivity index (χ1) is 15.6. The molecule has 8 heteroatoms. The minimum absolute atomic E-state index is 0.210. The van der Waals surface area contributed by atoms with Gasteiger partial charge in [-0.3, -0.25) is 9.69 Å². The van der Waals surface area contributed by atoms with Gasteiger partial charge in [-0.15, -0.1) is 10.2 Å². The first kappa shape index (κ1) is 22.2. The van der Waals surface area contributed by atoms with E-state index in [1.165, 1.54) is 38.3 Å². The number of amides is 1. The number of hydrogen-bond acceptors (Lipinski definition) is 6. The molecule has 0 bridgehead atoms. The van der Waals surface area contributed by atoms with Gasteiger partial charge in [-0.25, -0.2) is 4.39 Å². The van der Waals surface area contributed by atoms with Crippen molar-refractivity contribution in [3.05, 3.63) is 59.9 Å². The molecule has 0 saturated heterocycles. The lowest BCUT2D eigenvalue weighted by molar-refractivity contribution is -0.118.